The summed E-state index contributed by atoms with van der Waals surface area (Å²) in [5.41, 5.74) is 0. The maximum atomic E-state index is 12.6. The molecule has 0 fully saturated rings. The van der Waals surface area contributed by atoms with Gasteiger partial charge in [-0.3, -0.25) is 19.2 Å². The Morgan fingerprint density at radius 1 is 0.825 bits per heavy atom. The standard InChI is InChI=1S/C30H30O8S2/c1-17(18(2)31)11-23(33)29-15-20-13-25(24(36-3)16-27(20)40-29)38-10-4-9-37-21-5-7-26-19(12-21)14-28(39-26)22(32)6-8-30(34)35/h5,7,12-17H,4,6,8-11H2,1-3H3,(H,34,35)/t17-/m0/s1. The molecule has 1 atom stereocenters. The molecule has 2 heterocycles. The number of carboxylic acids is 1. The first-order chi connectivity index (χ1) is 19.1. The van der Waals surface area contributed by atoms with Crippen LogP contribution >= 0.6 is 22.7 Å². The second kappa shape index (κ2) is 13.1. The fourth-order valence-corrected chi connectivity index (χ4v) is 6.04. The van der Waals surface area contributed by atoms with Crippen molar-refractivity contribution < 1.29 is 38.5 Å². The van der Waals surface area contributed by atoms with Gasteiger partial charge in [0.2, 0.25) is 0 Å². The van der Waals surface area contributed by atoms with Crippen molar-refractivity contribution in [3.8, 4) is 17.2 Å². The van der Waals surface area contributed by atoms with E-state index >= 15 is 0 Å². The fourth-order valence-electron chi connectivity index (χ4n) is 4.00. The zero-order valence-corrected chi connectivity index (χ0v) is 24.1. The lowest BCUT2D eigenvalue weighted by atomic mass is 10.0. The molecule has 10 heteroatoms. The van der Waals surface area contributed by atoms with Gasteiger partial charge in [-0.15, -0.1) is 22.7 Å². The predicted molar refractivity (Wildman–Crippen MR) is 156 cm³/mol. The largest absolute Gasteiger partial charge is 0.493 e. The van der Waals surface area contributed by atoms with E-state index in [4.69, 9.17) is 19.3 Å². The first kappa shape index (κ1) is 29.2. The van der Waals surface area contributed by atoms with Crippen LogP contribution in [-0.2, 0) is 9.59 Å². The van der Waals surface area contributed by atoms with Gasteiger partial charge in [-0.05, 0) is 54.1 Å². The zero-order chi connectivity index (χ0) is 28.8. The number of carbonyl (C=O) groups is 4. The van der Waals surface area contributed by atoms with Crippen molar-refractivity contribution >= 4 is 66.2 Å². The van der Waals surface area contributed by atoms with Crippen LogP contribution in [0.25, 0.3) is 20.2 Å². The Balaban J connectivity index is 1.32. The van der Waals surface area contributed by atoms with E-state index in [1.807, 2.05) is 36.4 Å². The van der Waals surface area contributed by atoms with Crippen LogP contribution in [0.2, 0.25) is 0 Å². The van der Waals surface area contributed by atoms with Crippen molar-refractivity contribution in [3.63, 3.8) is 0 Å². The number of benzene rings is 2. The summed E-state index contributed by atoms with van der Waals surface area (Å²) in [6, 6.07) is 12.9. The summed E-state index contributed by atoms with van der Waals surface area (Å²) in [4.78, 5) is 48.3. The molecule has 0 aliphatic carbocycles. The van der Waals surface area contributed by atoms with Crippen LogP contribution < -0.4 is 14.2 Å². The van der Waals surface area contributed by atoms with Crippen molar-refractivity contribution in [1.82, 2.24) is 0 Å². The number of carboxylic acid groups (broad SMARTS) is 1. The number of hydrogen-bond donors (Lipinski definition) is 1. The van der Waals surface area contributed by atoms with Crippen LogP contribution in [0.1, 0.15) is 58.9 Å². The molecule has 0 saturated heterocycles. The third-order valence-electron chi connectivity index (χ3n) is 6.41. The molecule has 8 nitrogen and oxygen atoms in total. The highest BCUT2D eigenvalue weighted by atomic mass is 32.1. The number of thiophene rings is 2. The van der Waals surface area contributed by atoms with Crippen LogP contribution in [0.5, 0.6) is 17.2 Å². The second-order valence-electron chi connectivity index (χ2n) is 9.47. The molecule has 1 N–H and O–H groups in total. The van der Waals surface area contributed by atoms with E-state index in [9.17, 15) is 19.2 Å². The van der Waals surface area contributed by atoms with Gasteiger partial charge in [0.15, 0.2) is 23.1 Å². The topological polar surface area (TPSA) is 116 Å². The maximum absolute atomic E-state index is 12.6. The van der Waals surface area contributed by atoms with Crippen LogP contribution in [-0.4, -0.2) is 48.7 Å². The quantitative estimate of drug-likeness (QED) is 0.120. The number of carbonyl (C=O) groups excluding carboxylic acids is 3. The van der Waals surface area contributed by atoms with Crippen molar-refractivity contribution in [1.29, 1.82) is 0 Å². The number of ketones is 3. The lowest BCUT2D eigenvalue weighted by molar-refractivity contribution is -0.137. The number of aliphatic carboxylic acids is 1. The summed E-state index contributed by atoms with van der Waals surface area (Å²) >= 11 is 2.72. The molecule has 0 spiro atoms. The van der Waals surface area contributed by atoms with Gasteiger partial charge < -0.3 is 19.3 Å². The molecule has 40 heavy (non-hydrogen) atoms. The molecule has 0 unspecified atom stereocenters. The van der Waals surface area contributed by atoms with E-state index in [1.165, 1.54) is 29.6 Å². The molecular formula is C30H30O8S2. The van der Waals surface area contributed by atoms with E-state index in [0.29, 0.717) is 46.6 Å². The number of fused-ring (bicyclic) bond motifs is 2. The third-order valence-corrected chi connectivity index (χ3v) is 8.70. The Morgan fingerprint density at radius 2 is 1.50 bits per heavy atom. The highest BCUT2D eigenvalue weighted by molar-refractivity contribution is 7.21. The maximum Gasteiger partial charge on any atom is 0.303 e. The number of rotatable bonds is 15. The first-order valence-corrected chi connectivity index (χ1v) is 14.5. The molecule has 210 valence electrons. The van der Waals surface area contributed by atoms with E-state index in [0.717, 1.165) is 20.2 Å². The van der Waals surface area contributed by atoms with Crippen molar-refractivity contribution in [2.75, 3.05) is 20.3 Å². The van der Waals surface area contributed by atoms with Gasteiger partial charge in [0.1, 0.15) is 11.5 Å². The minimum absolute atomic E-state index is 0.00148. The molecule has 2 aromatic carbocycles. The SMILES string of the molecule is COc1cc2sc(C(=O)C[C@H](C)C(C)=O)cc2cc1OCCCOc1ccc2sc(C(=O)CCC(=O)O)cc2c1. The number of ether oxygens (including phenoxy) is 3. The van der Waals surface area contributed by atoms with Crippen LogP contribution in [0.4, 0.5) is 0 Å². The first-order valence-electron chi connectivity index (χ1n) is 12.8. The number of methoxy groups -OCH3 is 1. The Kier molecular flexibility index (Phi) is 9.54. The Labute approximate surface area is 239 Å². The second-order valence-corrected chi connectivity index (χ2v) is 11.6. The van der Waals surface area contributed by atoms with Crippen molar-refractivity contribution in [2.45, 2.75) is 39.5 Å². The van der Waals surface area contributed by atoms with E-state index in [2.05, 4.69) is 0 Å². The lowest BCUT2D eigenvalue weighted by Gasteiger charge is -2.11. The normalized spacial score (nSPS) is 11.9. The number of hydrogen-bond acceptors (Lipinski definition) is 9. The lowest BCUT2D eigenvalue weighted by Crippen LogP contribution is -2.11. The monoisotopic (exact) mass is 582 g/mol. The zero-order valence-electron chi connectivity index (χ0n) is 22.5. The highest BCUT2D eigenvalue weighted by Crippen LogP contribution is 2.37. The molecule has 0 bridgehead atoms. The van der Waals surface area contributed by atoms with Crippen molar-refractivity contribution in [2.24, 2.45) is 5.92 Å². The van der Waals surface area contributed by atoms with Crippen molar-refractivity contribution in [3.05, 3.63) is 52.2 Å². The Bertz CT molecular complexity index is 1560. The van der Waals surface area contributed by atoms with Crippen LogP contribution in [0.3, 0.4) is 0 Å². The number of Topliss-reactive ketones (excluding diaryl/α,β-unsaturated/α-hetero) is 3. The van der Waals surface area contributed by atoms with Crippen LogP contribution in [0, 0.1) is 5.92 Å². The molecule has 0 amide bonds. The summed E-state index contributed by atoms with van der Waals surface area (Å²) in [7, 11) is 1.57. The molecule has 4 rings (SSSR count). The van der Waals surface area contributed by atoms with Gasteiger partial charge in [-0.1, -0.05) is 6.92 Å². The van der Waals surface area contributed by atoms with Crippen LogP contribution in [0.15, 0.2) is 42.5 Å². The van der Waals surface area contributed by atoms with Gasteiger partial charge in [-0.25, -0.2) is 0 Å². The van der Waals surface area contributed by atoms with E-state index in [1.54, 1.807) is 20.1 Å². The molecular weight excluding hydrogens is 552 g/mol. The Hall–Kier alpha value is -3.76. The third kappa shape index (κ3) is 7.25. The average Bonchev–Trinajstić information content (AvgIpc) is 3.54. The summed E-state index contributed by atoms with van der Waals surface area (Å²) in [5, 5.41) is 10.5. The van der Waals surface area contributed by atoms with Gasteiger partial charge in [0.25, 0.3) is 0 Å². The molecule has 2 aromatic heterocycles. The summed E-state index contributed by atoms with van der Waals surface area (Å²) in [5.74, 6) is 0.289. The van der Waals surface area contributed by atoms with Gasteiger partial charge >= 0.3 is 5.97 Å². The van der Waals surface area contributed by atoms with Gasteiger partial charge in [0, 0.05) is 40.6 Å². The fraction of sp³-hybridized carbons (Fsp3) is 0.333. The summed E-state index contributed by atoms with van der Waals surface area (Å²) in [6.07, 6.45) is 0.597. The molecule has 4 aromatic rings. The molecule has 0 radical (unpaired) electrons. The van der Waals surface area contributed by atoms with E-state index < -0.39 is 5.97 Å². The predicted octanol–water partition coefficient (Wildman–Crippen LogP) is 6.82. The molecule has 0 saturated carbocycles. The highest BCUT2D eigenvalue weighted by Gasteiger charge is 2.18. The molecule has 0 aliphatic heterocycles. The van der Waals surface area contributed by atoms with E-state index in [-0.39, 0.29) is 42.5 Å². The smallest absolute Gasteiger partial charge is 0.303 e. The average molecular weight is 583 g/mol. The summed E-state index contributed by atoms with van der Waals surface area (Å²) < 4.78 is 19.2. The van der Waals surface area contributed by atoms with Gasteiger partial charge in [-0.2, -0.15) is 0 Å². The minimum atomic E-state index is -0.989. The van der Waals surface area contributed by atoms with Gasteiger partial charge in [0.05, 0.1) is 36.5 Å². The summed E-state index contributed by atoms with van der Waals surface area (Å²) in [6.45, 7) is 4.06. The molecule has 0 aliphatic rings. The Morgan fingerprint density at radius 3 is 2.20 bits per heavy atom. The minimum Gasteiger partial charge on any atom is -0.493 e.